The van der Waals surface area contributed by atoms with Crippen LogP contribution < -0.4 is 5.32 Å². The van der Waals surface area contributed by atoms with Crippen molar-refractivity contribution in [2.24, 2.45) is 0 Å². The Morgan fingerprint density at radius 1 is 1.20 bits per heavy atom. The molecule has 0 radical (unpaired) electrons. The fourth-order valence-electron chi connectivity index (χ4n) is 2.32. The van der Waals surface area contributed by atoms with E-state index in [1.807, 2.05) is 25.2 Å². The molecule has 0 aliphatic rings. The molecule has 0 amide bonds. The first-order valence-electron chi connectivity index (χ1n) is 6.46. The topological polar surface area (TPSA) is 38.1 Å². The van der Waals surface area contributed by atoms with E-state index >= 15 is 0 Å². The number of aryl methyl sites for hydroxylation is 1. The largest absolute Gasteiger partial charge is 0.459 e. The number of nitrogens with one attached hydrogen (secondary N) is 1. The molecule has 2 aromatic heterocycles. The van der Waals surface area contributed by atoms with Gasteiger partial charge in [0.1, 0.15) is 17.4 Å². The van der Waals surface area contributed by atoms with Crippen molar-refractivity contribution in [1.29, 1.82) is 0 Å². The minimum Gasteiger partial charge on any atom is -0.459 e. The van der Waals surface area contributed by atoms with Gasteiger partial charge in [-0.1, -0.05) is 11.6 Å². The lowest BCUT2D eigenvalue weighted by Crippen LogP contribution is -2.18. The zero-order valence-corrected chi connectivity index (χ0v) is 12.9. The average Bonchev–Trinajstić information content (AvgIpc) is 2.84. The van der Waals surface area contributed by atoms with Gasteiger partial charge in [-0.3, -0.25) is 4.98 Å². The molecule has 4 heteroatoms. The minimum atomic E-state index is -0.0455. The summed E-state index contributed by atoms with van der Waals surface area (Å²) in [5, 5.41) is 4.38. The van der Waals surface area contributed by atoms with Gasteiger partial charge in [0.25, 0.3) is 0 Å². The first-order chi connectivity index (χ1) is 9.67. The van der Waals surface area contributed by atoms with Gasteiger partial charge in [-0.2, -0.15) is 0 Å². The fourth-order valence-corrected chi connectivity index (χ4v) is 2.55. The molecular formula is C16H15BrN2O. The Hall–Kier alpha value is -1.65. The van der Waals surface area contributed by atoms with Crippen LogP contribution in [0.4, 0.5) is 0 Å². The number of halogens is 1. The molecule has 102 valence electrons. The summed E-state index contributed by atoms with van der Waals surface area (Å²) in [6, 6.07) is 12.2. The molecule has 0 spiro atoms. The maximum atomic E-state index is 5.95. The summed E-state index contributed by atoms with van der Waals surface area (Å²) in [6.45, 7) is 2.08. The van der Waals surface area contributed by atoms with Crippen molar-refractivity contribution in [2.75, 3.05) is 7.05 Å². The van der Waals surface area contributed by atoms with Crippen LogP contribution in [0.1, 0.15) is 23.1 Å². The van der Waals surface area contributed by atoms with E-state index in [4.69, 9.17) is 4.42 Å². The Morgan fingerprint density at radius 2 is 2.05 bits per heavy atom. The highest BCUT2D eigenvalue weighted by molar-refractivity contribution is 9.10. The molecule has 0 aliphatic heterocycles. The van der Waals surface area contributed by atoms with E-state index in [0.717, 1.165) is 26.9 Å². The summed E-state index contributed by atoms with van der Waals surface area (Å²) in [5.41, 5.74) is 3.07. The van der Waals surface area contributed by atoms with Gasteiger partial charge < -0.3 is 9.73 Å². The van der Waals surface area contributed by atoms with Crippen LogP contribution in [0.25, 0.3) is 11.0 Å². The third-order valence-corrected chi connectivity index (χ3v) is 3.78. The van der Waals surface area contributed by atoms with Gasteiger partial charge in [-0.05, 0) is 60.2 Å². The maximum Gasteiger partial charge on any atom is 0.134 e. The molecule has 3 aromatic rings. The van der Waals surface area contributed by atoms with Crippen molar-refractivity contribution in [3.05, 3.63) is 64.1 Å². The van der Waals surface area contributed by atoms with E-state index < -0.39 is 0 Å². The number of fused-ring (bicyclic) bond motifs is 1. The molecule has 1 unspecified atom stereocenters. The predicted molar refractivity (Wildman–Crippen MR) is 83.8 cm³/mol. The van der Waals surface area contributed by atoms with E-state index in [-0.39, 0.29) is 6.04 Å². The average molecular weight is 331 g/mol. The van der Waals surface area contributed by atoms with Gasteiger partial charge in [0.05, 0.1) is 5.69 Å². The third kappa shape index (κ3) is 2.49. The van der Waals surface area contributed by atoms with Crippen LogP contribution in [0.5, 0.6) is 0 Å². The second-order valence-corrected chi connectivity index (χ2v) is 5.73. The maximum absolute atomic E-state index is 5.95. The molecule has 1 N–H and O–H groups in total. The Balaban J connectivity index is 2.04. The first kappa shape index (κ1) is 13.3. The van der Waals surface area contributed by atoms with Crippen molar-refractivity contribution in [3.8, 4) is 0 Å². The quantitative estimate of drug-likeness (QED) is 0.781. The molecule has 3 rings (SSSR count). The highest BCUT2D eigenvalue weighted by Gasteiger charge is 2.18. The Kier molecular flexibility index (Phi) is 3.59. The smallest absolute Gasteiger partial charge is 0.134 e. The molecule has 0 saturated heterocycles. The van der Waals surface area contributed by atoms with Crippen LogP contribution in [0.3, 0.4) is 0 Å². The lowest BCUT2D eigenvalue weighted by Gasteiger charge is -2.12. The number of hydrogen-bond acceptors (Lipinski definition) is 3. The van der Waals surface area contributed by atoms with Gasteiger partial charge >= 0.3 is 0 Å². The number of nitrogens with zero attached hydrogens (tertiary/aromatic N) is 1. The van der Waals surface area contributed by atoms with E-state index in [1.165, 1.54) is 5.56 Å². The van der Waals surface area contributed by atoms with E-state index in [9.17, 15) is 0 Å². The predicted octanol–water partition coefficient (Wildman–Crippen LogP) is 4.21. The van der Waals surface area contributed by atoms with Crippen LogP contribution in [0.15, 0.2) is 51.5 Å². The molecular weight excluding hydrogens is 316 g/mol. The summed E-state index contributed by atoms with van der Waals surface area (Å²) < 4.78 is 6.92. The Morgan fingerprint density at radius 3 is 2.75 bits per heavy atom. The van der Waals surface area contributed by atoms with Crippen molar-refractivity contribution in [1.82, 2.24) is 10.3 Å². The normalized spacial score (nSPS) is 12.8. The lowest BCUT2D eigenvalue weighted by molar-refractivity contribution is 0.486. The van der Waals surface area contributed by atoms with Crippen LogP contribution in [0, 0.1) is 6.92 Å². The highest BCUT2D eigenvalue weighted by atomic mass is 79.9. The molecule has 0 bridgehead atoms. The van der Waals surface area contributed by atoms with Gasteiger partial charge in [-0.15, -0.1) is 0 Å². The third-order valence-electron chi connectivity index (χ3n) is 3.31. The lowest BCUT2D eigenvalue weighted by atomic mass is 10.1. The SMILES string of the molecule is CNC(c1ccc(Br)cn1)c1cc2cc(C)ccc2o1. The number of rotatable bonds is 3. The molecule has 0 saturated carbocycles. The van der Waals surface area contributed by atoms with Crippen LogP contribution in [0.2, 0.25) is 0 Å². The number of aromatic nitrogens is 1. The molecule has 20 heavy (non-hydrogen) atoms. The molecule has 1 atom stereocenters. The molecule has 0 aliphatic carbocycles. The number of benzene rings is 1. The fraction of sp³-hybridized carbons (Fsp3) is 0.188. The van der Waals surface area contributed by atoms with Crippen molar-refractivity contribution in [3.63, 3.8) is 0 Å². The summed E-state index contributed by atoms with van der Waals surface area (Å²) in [5.74, 6) is 0.878. The molecule has 1 aromatic carbocycles. The van der Waals surface area contributed by atoms with Gasteiger partial charge in [0.2, 0.25) is 0 Å². The Bertz CT molecular complexity index is 734. The molecule has 0 fully saturated rings. The van der Waals surface area contributed by atoms with Crippen LogP contribution in [-0.4, -0.2) is 12.0 Å². The number of hydrogen-bond donors (Lipinski definition) is 1. The van der Waals surface area contributed by atoms with Crippen molar-refractivity contribution < 1.29 is 4.42 Å². The molecule has 3 nitrogen and oxygen atoms in total. The monoisotopic (exact) mass is 330 g/mol. The van der Waals surface area contributed by atoms with E-state index in [0.29, 0.717) is 0 Å². The van der Waals surface area contributed by atoms with E-state index in [2.05, 4.69) is 51.4 Å². The van der Waals surface area contributed by atoms with Gasteiger partial charge in [-0.25, -0.2) is 0 Å². The highest BCUT2D eigenvalue weighted by Crippen LogP contribution is 2.28. The second-order valence-electron chi connectivity index (χ2n) is 4.81. The van der Waals surface area contributed by atoms with E-state index in [1.54, 1.807) is 6.20 Å². The minimum absolute atomic E-state index is 0.0455. The summed E-state index contributed by atoms with van der Waals surface area (Å²) in [4.78, 5) is 4.44. The van der Waals surface area contributed by atoms with Crippen LogP contribution in [-0.2, 0) is 0 Å². The second kappa shape index (κ2) is 5.38. The number of furan rings is 1. The molecule has 2 heterocycles. The first-order valence-corrected chi connectivity index (χ1v) is 7.25. The van der Waals surface area contributed by atoms with Gasteiger partial charge in [0.15, 0.2) is 0 Å². The zero-order chi connectivity index (χ0) is 14.1. The Labute approximate surface area is 126 Å². The van der Waals surface area contributed by atoms with Crippen molar-refractivity contribution >= 4 is 26.9 Å². The van der Waals surface area contributed by atoms with Crippen LogP contribution >= 0.6 is 15.9 Å². The summed E-state index contributed by atoms with van der Waals surface area (Å²) in [6.07, 6.45) is 1.80. The summed E-state index contributed by atoms with van der Waals surface area (Å²) in [7, 11) is 1.91. The summed E-state index contributed by atoms with van der Waals surface area (Å²) >= 11 is 3.40. The van der Waals surface area contributed by atoms with Crippen molar-refractivity contribution in [2.45, 2.75) is 13.0 Å². The van der Waals surface area contributed by atoms with Gasteiger partial charge in [0, 0.05) is 16.1 Å². The zero-order valence-electron chi connectivity index (χ0n) is 11.4. The number of pyridine rings is 1. The standard InChI is InChI=1S/C16H15BrN2O/c1-10-3-6-14-11(7-10)8-15(20-14)16(18-2)13-5-4-12(17)9-19-13/h3-9,16,18H,1-2H3.